The third kappa shape index (κ3) is 3.36. The van der Waals surface area contributed by atoms with Crippen LogP contribution in [0.5, 0.6) is 0 Å². The van der Waals surface area contributed by atoms with Crippen LogP contribution in [0.15, 0.2) is 18.2 Å². The van der Waals surface area contributed by atoms with Crippen molar-refractivity contribution >= 4 is 23.2 Å². The van der Waals surface area contributed by atoms with Gasteiger partial charge in [0.25, 0.3) is 0 Å². The zero-order valence-electron chi connectivity index (χ0n) is 9.01. The molecule has 1 fully saturated rings. The van der Waals surface area contributed by atoms with E-state index < -0.39 is 0 Å². The van der Waals surface area contributed by atoms with Crippen LogP contribution in [0.2, 0.25) is 10.0 Å². The summed E-state index contributed by atoms with van der Waals surface area (Å²) in [5.41, 5.74) is 1.06. The highest BCUT2D eigenvalue weighted by Gasteiger charge is 2.13. The van der Waals surface area contributed by atoms with Crippen molar-refractivity contribution in [2.24, 2.45) is 0 Å². The lowest BCUT2D eigenvalue weighted by molar-refractivity contribution is 0.103. The molecule has 0 spiro atoms. The van der Waals surface area contributed by atoms with E-state index in [1.54, 1.807) is 6.07 Å². The van der Waals surface area contributed by atoms with Crippen molar-refractivity contribution in [3.63, 3.8) is 0 Å². The molecule has 0 aromatic heterocycles. The lowest BCUT2D eigenvalue weighted by atomic mass is 10.2. The smallest absolute Gasteiger partial charge is 0.0718 e. The number of halogens is 2. The van der Waals surface area contributed by atoms with Gasteiger partial charge in [-0.2, -0.15) is 0 Å². The Morgan fingerprint density at radius 1 is 1.31 bits per heavy atom. The highest BCUT2D eigenvalue weighted by atomic mass is 35.5. The summed E-state index contributed by atoms with van der Waals surface area (Å²) in [7, 11) is 0. The molecule has 1 aromatic rings. The lowest BCUT2D eigenvalue weighted by Crippen LogP contribution is -2.26. The molecule has 2 rings (SSSR count). The molecule has 1 atom stereocenters. The van der Waals surface area contributed by atoms with Gasteiger partial charge in [0.05, 0.1) is 23.3 Å². The highest BCUT2D eigenvalue weighted by molar-refractivity contribution is 6.41. The van der Waals surface area contributed by atoms with Gasteiger partial charge in [0.2, 0.25) is 0 Å². The maximum atomic E-state index is 5.92. The molecule has 1 aliphatic rings. The van der Waals surface area contributed by atoms with Crippen LogP contribution in [0, 0.1) is 0 Å². The van der Waals surface area contributed by atoms with Crippen molar-refractivity contribution in [2.45, 2.75) is 25.5 Å². The lowest BCUT2D eigenvalue weighted by Gasteiger charge is -2.11. The van der Waals surface area contributed by atoms with Crippen LogP contribution in [0.1, 0.15) is 18.4 Å². The quantitative estimate of drug-likeness (QED) is 0.897. The first-order valence-corrected chi connectivity index (χ1v) is 6.26. The highest BCUT2D eigenvalue weighted by Crippen LogP contribution is 2.22. The number of rotatable bonds is 4. The molecule has 0 aliphatic carbocycles. The summed E-state index contributed by atoms with van der Waals surface area (Å²) < 4.78 is 5.63. The average molecular weight is 260 g/mol. The Labute approximate surface area is 106 Å². The third-order valence-corrected chi connectivity index (χ3v) is 3.47. The van der Waals surface area contributed by atoms with Gasteiger partial charge >= 0.3 is 0 Å². The summed E-state index contributed by atoms with van der Waals surface area (Å²) in [5.74, 6) is 0. The minimum atomic E-state index is 0.516. The zero-order chi connectivity index (χ0) is 11.4. The van der Waals surface area contributed by atoms with E-state index in [4.69, 9.17) is 27.9 Å². The van der Waals surface area contributed by atoms with Gasteiger partial charge in [-0.25, -0.2) is 0 Å². The molecule has 0 amide bonds. The van der Waals surface area contributed by atoms with Crippen molar-refractivity contribution in [3.05, 3.63) is 33.8 Å². The number of hydrogen-bond acceptors (Lipinski definition) is 2. The Hall–Kier alpha value is -0.280. The van der Waals surface area contributed by atoms with E-state index in [-0.39, 0.29) is 0 Å². The van der Waals surface area contributed by atoms with Gasteiger partial charge in [-0.15, -0.1) is 0 Å². The van der Waals surface area contributed by atoms with E-state index in [1.165, 1.54) is 12.8 Å². The van der Waals surface area contributed by atoms with Crippen LogP contribution in [0.25, 0.3) is 0 Å². The first-order chi connectivity index (χ1) is 7.75. The molecular weight excluding hydrogens is 245 g/mol. The molecule has 0 bridgehead atoms. The number of nitrogens with one attached hydrogen (secondary N) is 1. The average Bonchev–Trinajstić information content (AvgIpc) is 2.76. The molecule has 1 aliphatic heterocycles. The molecule has 16 heavy (non-hydrogen) atoms. The second kappa shape index (κ2) is 5.87. The van der Waals surface area contributed by atoms with Crippen LogP contribution in [0.4, 0.5) is 0 Å². The fourth-order valence-electron chi connectivity index (χ4n) is 1.85. The maximum absolute atomic E-state index is 5.92. The molecule has 1 heterocycles. The number of hydrogen-bond donors (Lipinski definition) is 1. The van der Waals surface area contributed by atoms with Crippen LogP contribution >= 0.6 is 23.2 Å². The predicted molar refractivity (Wildman–Crippen MR) is 67.1 cm³/mol. The van der Waals surface area contributed by atoms with Crippen LogP contribution in [0.3, 0.4) is 0 Å². The molecule has 0 radical (unpaired) electrons. The third-order valence-electron chi connectivity index (χ3n) is 2.73. The molecule has 4 heteroatoms. The van der Waals surface area contributed by atoms with E-state index in [2.05, 4.69) is 5.32 Å². The summed E-state index contributed by atoms with van der Waals surface area (Å²) in [6, 6.07) is 6.11. The Morgan fingerprint density at radius 3 is 2.88 bits per heavy atom. The van der Waals surface area contributed by atoms with Gasteiger partial charge in [-0.3, -0.25) is 0 Å². The summed E-state index contributed by atoms with van der Waals surface area (Å²) in [5, 5.41) is 4.56. The second-order valence-corrected chi connectivity index (χ2v) is 4.87. The summed E-state index contributed by atoms with van der Waals surface area (Å²) in [6.07, 6.45) is 2.46. The van der Waals surface area contributed by atoms with Crippen molar-refractivity contribution in [1.82, 2.24) is 5.32 Å². The molecule has 1 N–H and O–H groups in total. The molecular formula is C12H15Cl2NO. The second-order valence-electron chi connectivity index (χ2n) is 4.06. The molecule has 1 saturated heterocycles. The largest absolute Gasteiger partial charge is 0.375 e. The SMILES string of the molecule is Clc1ccc(COCC2CCCN2)cc1Cl. The molecule has 1 aromatic carbocycles. The van der Waals surface area contributed by atoms with Gasteiger partial charge in [0, 0.05) is 6.04 Å². The maximum Gasteiger partial charge on any atom is 0.0718 e. The van der Waals surface area contributed by atoms with Crippen LogP contribution in [-0.4, -0.2) is 19.2 Å². The van der Waals surface area contributed by atoms with E-state index in [1.807, 2.05) is 12.1 Å². The first-order valence-electron chi connectivity index (χ1n) is 5.51. The molecule has 1 unspecified atom stereocenters. The minimum absolute atomic E-state index is 0.516. The fourth-order valence-corrected chi connectivity index (χ4v) is 2.17. The summed E-state index contributed by atoms with van der Waals surface area (Å²) in [4.78, 5) is 0. The van der Waals surface area contributed by atoms with E-state index in [0.29, 0.717) is 22.7 Å². The Kier molecular flexibility index (Phi) is 4.47. The Morgan fingerprint density at radius 2 is 2.19 bits per heavy atom. The van der Waals surface area contributed by atoms with Gasteiger partial charge < -0.3 is 10.1 Å². The molecule has 2 nitrogen and oxygen atoms in total. The zero-order valence-corrected chi connectivity index (χ0v) is 10.5. The van der Waals surface area contributed by atoms with Crippen molar-refractivity contribution in [1.29, 1.82) is 0 Å². The van der Waals surface area contributed by atoms with Crippen molar-refractivity contribution < 1.29 is 4.74 Å². The normalized spacial score (nSPS) is 20.2. The van der Waals surface area contributed by atoms with E-state index >= 15 is 0 Å². The standard InChI is InChI=1S/C12H15Cl2NO/c13-11-4-3-9(6-12(11)14)7-16-8-10-2-1-5-15-10/h3-4,6,10,15H,1-2,5,7-8H2. The topological polar surface area (TPSA) is 21.3 Å². The monoisotopic (exact) mass is 259 g/mol. The Bertz CT molecular complexity index is 351. The fraction of sp³-hybridized carbons (Fsp3) is 0.500. The Balaban J connectivity index is 1.78. The molecule has 88 valence electrons. The molecule has 0 saturated carbocycles. The first kappa shape index (κ1) is 12.2. The van der Waals surface area contributed by atoms with Gasteiger partial charge in [-0.1, -0.05) is 29.3 Å². The minimum Gasteiger partial charge on any atom is -0.375 e. The van der Waals surface area contributed by atoms with Crippen LogP contribution < -0.4 is 5.32 Å². The van der Waals surface area contributed by atoms with Gasteiger partial charge in [-0.05, 0) is 37.1 Å². The van der Waals surface area contributed by atoms with Crippen LogP contribution in [-0.2, 0) is 11.3 Å². The van der Waals surface area contributed by atoms with E-state index in [9.17, 15) is 0 Å². The number of benzene rings is 1. The van der Waals surface area contributed by atoms with Gasteiger partial charge in [0.15, 0.2) is 0 Å². The summed E-state index contributed by atoms with van der Waals surface area (Å²) >= 11 is 11.8. The number of ether oxygens (including phenoxy) is 1. The van der Waals surface area contributed by atoms with E-state index in [0.717, 1.165) is 18.7 Å². The van der Waals surface area contributed by atoms with Crippen molar-refractivity contribution in [3.8, 4) is 0 Å². The van der Waals surface area contributed by atoms with Crippen molar-refractivity contribution in [2.75, 3.05) is 13.2 Å². The van der Waals surface area contributed by atoms with Gasteiger partial charge in [0.1, 0.15) is 0 Å². The predicted octanol–water partition coefficient (Wildman–Crippen LogP) is 3.26. The summed E-state index contributed by atoms with van der Waals surface area (Å²) in [6.45, 7) is 2.47.